The van der Waals surface area contributed by atoms with Crippen molar-refractivity contribution in [2.45, 2.75) is 9.79 Å². The minimum absolute atomic E-state index is 0.171. The lowest BCUT2D eigenvalue weighted by atomic mass is 10.1. The quantitative estimate of drug-likeness (QED) is 0.0805. The van der Waals surface area contributed by atoms with Crippen molar-refractivity contribution in [2.24, 2.45) is 10.2 Å². The molecule has 0 spiro atoms. The van der Waals surface area contributed by atoms with Crippen molar-refractivity contribution in [3.8, 4) is 5.75 Å². The summed E-state index contributed by atoms with van der Waals surface area (Å²) < 4.78 is 66.2. The first kappa shape index (κ1) is 26.6. The molecular formula is C25H19N3O8S2. The van der Waals surface area contributed by atoms with E-state index in [1.54, 1.807) is 48.5 Å². The maximum Gasteiger partial charge on any atom is 0.296 e. The third kappa shape index (κ3) is 5.76. The number of phenolic OH excluding ortho intramolecular Hbond substituents is 1. The second-order valence-electron chi connectivity index (χ2n) is 7.99. The lowest BCUT2D eigenvalue weighted by Gasteiger charge is -2.11. The molecule has 5 N–H and O–H groups in total. The Morgan fingerprint density at radius 1 is 0.842 bits per heavy atom. The average molecular weight is 554 g/mol. The van der Waals surface area contributed by atoms with Crippen LogP contribution in [0.4, 0.5) is 17.1 Å². The second kappa shape index (κ2) is 10.1. The van der Waals surface area contributed by atoms with Crippen LogP contribution in [0.25, 0.3) is 16.8 Å². The molecule has 38 heavy (non-hydrogen) atoms. The summed E-state index contributed by atoms with van der Waals surface area (Å²) in [5, 5.41) is 18.2. The number of hydrogen-bond acceptors (Lipinski definition) is 9. The number of carbonyl (C=O) groups excluding carboxylic acids is 1. The third-order valence-electron chi connectivity index (χ3n) is 5.35. The smallest absolute Gasteiger partial charge is 0.296 e. The Balaban J connectivity index is 1.75. The largest absolute Gasteiger partial charge is 0.505 e. The summed E-state index contributed by atoms with van der Waals surface area (Å²) >= 11 is 0. The number of benzene rings is 4. The van der Waals surface area contributed by atoms with Gasteiger partial charge in [-0.3, -0.25) is 13.9 Å². The zero-order valence-corrected chi connectivity index (χ0v) is 20.9. The zero-order valence-electron chi connectivity index (χ0n) is 19.3. The number of fused-ring (bicyclic) bond motifs is 1. The summed E-state index contributed by atoms with van der Waals surface area (Å²) in [7, 11) is -9.69. The molecule has 0 fully saturated rings. The highest BCUT2D eigenvalue weighted by molar-refractivity contribution is 7.86. The number of anilines is 1. The maximum atomic E-state index is 12.3. The molecule has 0 amide bonds. The van der Waals surface area contributed by atoms with Gasteiger partial charge in [-0.2, -0.15) is 21.9 Å². The highest BCUT2D eigenvalue weighted by Gasteiger charge is 2.24. The minimum Gasteiger partial charge on any atom is -0.505 e. The Morgan fingerprint density at radius 2 is 1.55 bits per heavy atom. The van der Waals surface area contributed by atoms with E-state index in [2.05, 4.69) is 10.2 Å². The highest BCUT2D eigenvalue weighted by Crippen LogP contribution is 2.44. The monoisotopic (exact) mass is 553 g/mol. The van der Waals surface area contributed by atoms with Gasteiger partial charge in [-0.05, 0) is 47.4 Å². The predicted octanol–water partition coefficient (Wildman–Crippen LogP) is 4.93. The van der Waals surface area contributed by atoms with Gasteiger partial charge in [-0.15, -0.1) is 5.11 Å². The molecule has 194 valence electrons. The Labute approximate surface area is 217 Å². The first-order valence-corrected chi connectivity index (χ1v) is 13.6. The molecule has 0 heterocycles. The summed E-state index contributed by atoms with van der Waals surface area (Å²) in [4.78, 5) is 10.8. The molecule has 11 nitrogen and oxygen atoms in total. The van der Waals surface area contributed by atoms with Gasteiger partial charge in [-0.1, -0.05) is 48.5 Å². The molecule has 0 aliphatic rings. The van der Waals surface area contributed by atoms with Crippen LogP contribution in [0.2, 0.25) is 0 Å². The fourth-order valence-electron chi connectivity index (χ4n) is 3.60. The first-order valence-electron chi connectivity index (χ1n) is 10.7. The number of carbonyl (C=O) groups is 1. The zero-order chi connectivity index (χ0) is 27.7. The molecule has 4 aromatic rings. The van der Waals surface area contributed by atoms with Crippen molar-refractivity contribution in [2.75, 3.05) is 5.73 Å². The second-order valence-corrected chi connectivity index (χ2v) is 10.8. The first-order chi connectivity index (χ1) is 17.8. The topological polar surface area (TPSA) is 197 Å². The van der Waals surface area contributed by atoms with Crippen LogP contribution < -0.4 is 5.73 Å². The van der Waals surface area contributed by atoms with Crippen molar-refractivity contribution in [3.05, 3.63) is 90.0 Å². The third-order valence-corrected chi connectivity index (χ3v) is 7.05. The Bertz CT molecular complexity index is 1850. The summed E-state index contributed by atoms with van der Waals surface area (Å²) in [6.07, 6.45) is 2.93. The minimum atomic E-state index is -4.98. The summed E-state index contributed by atoms with van der Waals surface area (Å²) in [6.45, 7) is 0. The number of ketones is 1. The number of nitrogens with zero attached hydrogens (tertiary/aromatic N) is 2. The van der Waals surface area contributed by atoms with Crippen molar-refractivity contribution >= 4 is 59.9 Å². The molecule has 0 saturated heterocycles. The molecule has 0 radical (unpaired) electrons. The van der Waals surface area contributed by atoms with Gasteiger partial charge >= 0.3 is 0 Å². The predicted molar refractivity (Wildman–Crippen MR) is 140 cm³/mol. The number of nitrogens with two attached hydrogens (primary N) is 1. The lowest BCUT2D eigenvalue weighted by Crippen LogP contribution is -2.02. The van der Waals surface area contributed by atoms with Crippen LogP contribution in [-0.2, 0) is 20.2 Å². The number of rotatable bonds is 7. The molecule has 0 atom stereocenters. The van der Waals surface area contributed by atoms with Gasteiger partial charge in [0.2, 0.25) is 0 Å². The van der Waals surface area contributed by atoms with E-state index in [9.17, 15) is 35.8 Å². The molecule has 13 heteroatoms. The maximum absolute atomic E-state index is 12.3. The molecule has 0 saturated carbocycles. The summed E-state index contributed by atoms with van der Waals surface area (Å²) in [5.41, 5.74) is 6.20. The number of hydrogen-bond donors (Lipinski definition) is 4. The number of aromatic hydroxyl groups is 1. The molecule has 0 aromatic heterocycles. The summed E-state index contributed by atoms with van der Waals surface area (Å²) in [5.74, 6) is -1.01. The highest BCUT2D eigenvalue weighted by atomic mass is 32.2. The number of allylic oxidation sites excluding steroid dienone is 1. The van der Waals surface area contributed by atoms with E-state index >= 15 is 0 Å². The van der Waals surface area contributed by atoms with E-state index in [1.807, 2.05) is 0 Å². The fourth-order valence-corrected chi connectivity index (χ4v) is 4.81. The van der Waals surface area contributed by atoms with Gasteiger partial charge < -0.3 is 10.8 Å². The molecule has 4 aromatic carbocycles. The van der Waals surface area contributed by atoms with Crippen LogP contribution in [0, 0.1) is 0 Å². The van der Waals surface area contributed by atoms with Gasteiger partial charge in [0.15, 0.2) is 11.5 Å². The number of phenols is 1. The van der Waals surface area contributed by atoms with Crippen LogP contribution >= 0.6 is 0 Å². The van der Waals surface area contributed by atoms with Crippen molar-refractivity contribution < 1.29 is 35.8 Å². The Kier molecular flexibility index (Phi) is 7.11. The molecular weight excluding hydrogens is 534 g/mol. The van der Waals surface area contributed by atoms with E-state index in [0.29, 0.717) is 11.1 Å². The molecule has 0 bridgehead atoms. The Morgan fingerprint density at radius 3 is 2.21 bits per heavy atom. The average Bonchev–Trinajstić information content (AvgIpc) is 2.86. The SMILES string of the molecule is Nc1cc(S(=O)(=O)O)cc2cc(S(=O)(=O)O)c(N=Nc3cccc(/C=C\C(=O)c4ccccc4)c3)c(O)c12. The van der Waals surface area contributed by atoms with Crippen molar-refractivity contribution in [1.29, 1.82) is 0 Å². The van der Waals surface area contributed by atoms with E-state index in [1.165, 1.54) is 18.2 Å². The van der Waals surface area contributed by atoms with Crippen molar-refractivity contribution in [1.82, 2.24) is 0 Å². The van der Waals surface area contributed by atoms with Gasteiger partial charge in [0, 0.05) is 16.6 Å². The van der Waals surface area contributed by atoms with E-state index < -0.39 is 41.5 Å². The van der Waals surface area contributed by atoms with E-state index in [-0.39, 0.29) is 27.9 Å². The lowest BCUT2D eigenvalue weighted by molar-refractivity contribution is 0.104. The molecule has 0 aliphatic carbocycles. The van der Waals surface area contributed by atoms with Gasteiger partial charge in [0.1, 0.15) is 10.6 Å². The van der Waals surface area contributed by atoms with Gasteiger partial charge in [0.25, 0.3) is 20.2 Å². The molecule has 4 rings (SSSR count). The normalized spacial score (nSPS) is 12.5. The van der Waals surface area contributed by atoms with Crippen LogP contribution in [0.5, 0.6) is 5.75 Å². The number of nitrogen functional groups attached to an aromatic ring is 1. The van der Waals surface area contributed by atoms with Gasteiger partial charge in [0.05, 0.1) is 10.6 Å². The van der Waals surface area contributed by atoms with E-state index in [0.717, 1.165) is 18.2 Å². The van der Waals surface area contributed by atoms with Crippen LogP contribution in [0.15, 0.2) is 98.9 Å². The van der Waals surface area contributed by atoms with Gasteiger partial charge in [-0.25, -0.2) is 0 Å². The van der Waals surface area contributed by atoms with Crippen molar-refractivity contribution in [3.63, 3.8) is 0 Å². The molecule has 0 unspecified atom stereocenters. The fraction of sp³-hybridized carbons (Fsp3) is 0. The molecule has 0 aliphatic heterocycles. The Hall–Kier alpha value is -4.43. The van der Waals surface area contributed by atoms with Crippen LogP contribution in [0.1, 0.15) is 15.9 Å². The van der Waals surface area contributed by atoms with Crippen LogP contribution in [-0.4, -0.2) is 36.8 Å². The standard InChI is InChI=1S/C25H19N3O8S2/c26-20-14-19(37(31,32)33)12-17-13-22(38(34,35)36)24(25(30)23(17)20)28-27-18-8-4-5-15(11-18)9-10-21(29)16-6-2-1-3-7-16/h1-14,30H,26H2,(H,31,32,33)(H,34,35,36)/b10-9-,28-27?. The van der Waals surface area contributed by atoms with Crippen LogP contribution in [0.3, 0.4) is 0 Å². The van der Waals surface area contributed by atoms with E-state index in [4.69, 9.17) is 5.73 Å². The number of azo groups is 1. The summed E-state index contributed by atoms with van der Waals surface area (Å²) in [6, 6.07) is 17.6.